The Morgan fingerprint density at radius 3 is 2.50 bits per heavy atom. The van der Waals surface area contributed by atoms with Gasteiger partial charge >= 0.3 is 6.03 Å². The van der Waals surface area contributed by atoms with Crippen LogP contribution in [0.5, 0.6) is 5.88 Å². The maximum Gasteiger partial charge on any atom is 0.324 e. The van der Waals surface area contributed by atoms with E-state index in [2.05, 4.69) is 25.8 Å². The maximum absolute atomic E-state index is 12.2. The molecule has 0 radical (unpaired) electrons. The predicted molar refractivity (Wildman–Crippen MR) is 106 cm³/mol. The minimum absolute atomic E-state index is 0.137. The molecule has 28 heavy (non-hydrogen) atoms. The topological polar surface area (TPSA) is 128 Å². The quantitative estimate of drug-likeness (QED) is 0.628. The van der Waals surface area contributed by atoms with Crippen molar-refractivity contribution in [1.82, 2.24) is 15.1 Å². The highest BCUT2D eigenvalue weighted by Crippen LogP contribution is 2.29. The second kappa shape index (κ2) is 7.55. The normalized spacial score (nSPS) is 11.1. The molecule has 4 N–H and O–H groups in total. The first kappa shape index (κ1) is 19.2. The van der Waals surface area contributed by atoms with Crippen molar-refractivity contribution in [2.45, 2.75) is 26.2 Å². The van der Waals surface area contributed by atoms with E-state index in [9.17, 15) is 4.79 Å². The van der Waals surface area contributed by atoms with Crippen molar-refractivity contribution in [3.63, 3.8) is 0 Å². The van der Waals surface area contributed by atoms with Crippen LogP contribution in [0.2, 0.25) is 0 Å². The number of carbonyl (C=O) groups is 1. The van der Waals surface area contributed by atoms with Gasteiger partial charge in [-0.05, 0) is 17.7 Å². The average Bonchev–Trinajstić information content (AvgIpc) is 3.11. The third kappa shape index (κ3) is 4.37. The molecule has 146 valence electrons. The van der Waals surface area contributed by atoms with E-state index in [-0.39, 0.29) is 11.4 Å². The summed E-state index contributed by atoms with van der Waals surface area (Å²) >= 11 is 0. The number of hydrogen-bond donors (Lipinski definition) is 3. The van der Waals surface area contributed by atoms with Crippen LogP contribution < -0.4 is 21.1 Å². The molecule has 0 fully saturated rings. The fourth-order valence-corrected chi connectivity index (χ4v) is 2.43. The van der Waals surface area contributed by atoms with E-state index < -0.39 is 6.03 Å². The van der Waals surface area contributed by atoms with E-state index in [1.807, 2.05) is 32.9 Å². The van der Waals surface area contributed by atoms with Crippen LogP contribution >= 0.6 is 0 Å². The summed E-state index contributed by atoms with van der Waals surface area (Å²) in [5.41, 5.74) is 7.53. The SMILES string of the molecule is COc1nc(N)ncc1-c1ccc(NC(=O)Nc2cc(C(C)(C)C)on2)cc1. The van der Waals surface area contributed by atoms with E-state index in [0.717, 1.165) is 5.56 Å². The number of nitrogen functional groups attached to an aromatic ring is 1. The van der Waals surface area contributed by atoms with Crippen molar-refractivity contribution in [1.29, 1.82) is 0 Å². The van der Waals surface area contributed by atoms with Crippen molar-refractivity contribution in [3.05, 3.63) is 42.3 Å². The molecule has 1 aromatic carbocycles. The number of nitrogens with one attached hydrogen (secondary N) is 2. The molecule has 0 saturated carbocycles. The van der Waals surface area contributed by atoms with Gasteiger partial charge in [-0.15, -0.1) is 0 Å². The molecule has 0 aliphatic rings. The average molecular weight is 382 g/mol. The Morgan fingerprint density at radius 1 is 1.18 bits per heavy atom. The molecule has 2 aromatic heterocycles. The van der Waals surface area contributed by atoms with Gasteiger partial charge in [-0.2, -0.15) is 4.98 Å². The Morgan fingerprint density at radius 2 is 1.89 bits per heavy atom. The number of rotatable bonds is 4. The van der Waals surface area contributed by atoms with Crippen LogP contribution in [0.15, 0.2) is 41.1 Å². The fraction of sp³-hybridized carbons (Fsp3) is 0.263. The minimum atomic E-state index is -0.421. The highest BCUT2D eigenvalue weighted by Gasteiger charge is 2.20. The van der Waals surface area contributed by atoms with Gasteiger partial charge in [0.15, 0.2) is 5.82 Å². The van der Waals surface area contributed by atoms with Crippen LogP contribution in [0.25, 0.3) is 11.1 Å². The summed E-state index contributed by atoms with van der Waals surface area (Å²) in [4.78, 5) is 20.2. The predicted octanol–water partition coefficient (Wildman–Crippen LogP) is 3.66. The number of nitrogens with zero attached hydrogens (tertiary/aromatic N) is 3. The first-order chi connectivity index (χ1) is 13.3. The summed E-state index contributed by atoms with van der Waals surface area (Å²) in [6.45, 7) is 6.00. The van der Waals surface area contributed by atoms with Gasteiger partial charge in [0.2, 0.25) is 11.8 Å². The maximum atomic E-state index is 12.2. The number of ether oxygens (including phenoxy) is 1. The number of amides is 2. The highest BCUT2D eigenvalue weighted by atomic mass is 16.5. The first-order valence-electron chi connectivity index (χ1n) is 8.58. The molecule has 0 atom stereocenters. The zero-order valence-electron chi connectivity index (χ0n) is 16.1. The lowest BCUT2D eigenvalue weighted by Crippen LogP contribution is -2.19. The summed E-state index contributed by atoms with van der Waals surface area (Å²) in [7, 11) is 1.51. The number of carbonyl (C=O) groups excluding carboxylic acids is 1. The highest BCUT2D eigenvalue weighted by molar-refractivity contribution is 5.99. The molecule has 0 spiro atoms. The van der Waals surface area contributed by atoms with E-state index >= 15 is 0 Å². The standard InChI is InChI=1S/C19H22N6O3/c1-19(2,3)14-9-15(25-28-14)23-18(26)22-12-7-5-11(6-8-12)13-10-21-17(20)24-16(13)27-4/h5-10H,1-4H3,(H2,20,21,24)(H2,22,23,25,26). The summed E-state index contributed by atoms with van der Waals surface area (Å²) < 4.78 is 10.5. The van der Waals surface area contributed by atoms with Gasteiger partial charge in [0.25, 0.3) is 0 Å². The van der Waals surface area contributed by atoms with Crippen LogP contribution in [0.3, 0.4) is 0 Å². The second-order valence-corrected chi connectivity index (χ2v) is 7.13. The van der Waals surface area contributed by atoms with Gasteiger partial charge in [0.1, 0.15) is 5.76 Å². The largest absolute Gasteiger partial charge is 0.480 e. The van der Waals surface area contributed by atoms with Crippen LogP contribution in [0.1, 0.15) is 26.5 Å². The molecule has 3 aromatic rings. The summed E-state index contributed by atoms with van der Waals surface area (Å²) in [5.74, 6) is 1.55. The smallest absolute Gasteiger partial charge is 0.324 e. The molecular formula is C19H22N6O3. The van der Waals surface area contributed by atoms with Gasteiger partial charge in [-0.3, -0.25) is 5.32 Å². The van der Waals surface area contributed by atoms with Crippen LogP contribution in [0, 0.1) is 0 Å². The molecule has 9 heteroatoms. The number of anilines is 3. The lowest BCUT2D eigenvalue weighted by Gasteiger charge is -2.12. The number of benzene rings is 1. The number of hydrogen-bond acceptors (Lipinski definition) is 7. The fourth-order valence-electron chi connectivity index (χ4n) is 2.43. The molecule has 0 bridgehead atoms. The van der Waals surface area contributed by atoms with Gasteiger partial charge in [-0.25, -0.2) is 9.78 Å². The molecule has 0 aliphatic heterocycles. The van der Waals surface area contributed by atoms with Crippen molar-refractivity contribution in [2.75, 3.05) is 23.5 Å². The lowest BCUT2D eigenvalue weighted by molar-refractivity contribution is 0.262. The van der Waals surface area contributed by atoms with Crippen LogP contribution in [-0.4, -0.2) is 28.3 Å². The first-order valence-corrected chi connectivity index (χ1v) is 8.58. The van der Waals surface area contributed by atoms with Gasteiger partial charge in [0, 0.05) is 23.4 Å². The second-order valence-electron chi connectivity index (χ2n) is 7.13. The molecular weight excluding hydrogens is 360 g/mol. The van der Waals surface area contributed by atoms with Crippen molar-refractivity contribution in [2.24, 2.45) is 0 Å². The molecule has 0 saturated heterocycles. The van der Waals surface area contributed by atoms with Crippen molar-refractivity contribution < 1.29 is 14.1 Å². The molecule has 3 rings (SSSR count). The van der Waals surface area contributed by atoms with E-state index in [0.29, 0.717) is 28.7 Å². The van der Waals surface area contributed by atoms with E-state index in [1.54, 1.807) is 24.4 Å². The molecule has 0 unspecified atom stereocenters. The van der Waals surface area contributed by atoms with Crippen LogP contribution in [0.4, 0.5) is 22.2 Å². The van der Waals surface area contributed by atoms with Crippen LogP contribution in [-0.2, 0) is 5.41 Å². The number of methoxy groups -OCH3 is 1. The Bertz CT molecular complexity index is 976. The van der Waals surface area contributed by atoms with Crippen molar-refractivity contribution >= 4 is 23.5 Å². The Labute approximate surface area is 162 Å². The lowest BCUT2D eigenvalue weighted by atomic mass is 9.93. The summed E-state index contributed by atoms with van der Waals surface area (Å²) in [5, 5.41) is 9.24. The molecule has 2 amide bonds. The third-order valence-electron chi connectivity index (χ3n) is 3.91. The number of nitrogens with two attached hydrogens (primary N) is 1. The van der Waals surface area contributed by atoms with E-state index in [4.69, 9.17) is 15.0 Å². The minimum Gasteiger partial charge on any atom is -0.480 e. The summed E-state index contributed by atoms with van der Waals surface area (Å²) in [6, 6.07) is 8.44. The Kier molecular flexibility index (Phi) is 5.16. The Balaban J connectivity index is 1.67. The molecule has 9 nitrogen and oxygen atoms in total. The van der Waals surface area contributed by atoms with Gasteiger partial charge in [0.05, 0.1) is 12.7 Å². The van der Waals surface area contributed by atoms with Crippen molar-refractivity contribution in [3.8, 4) is 17.0 Å². The van der Waals surface area contributed by atoms with Gasteiger partial charge < -0.3 is 20.3 Å². The molecule has 2 heterocycles. The monoisotopic (exact) mass is 382 g/mol. The number of urea groups is 1. The summed E-state index contributed by atoms with van der Waals surface area (Å²) in [6.07, 6.45) is 1.59. The number of aromatic nitrogens is 3. The van der Waals surface area contributed by atoms with E-state index in [1.165, 1.54) is 7.11 Å². The molecule has 0 aliphatic carbocycles. The Hall–Kier alpha value is -3.62. The van der Waals surface area contributed by atoms with Gasteiger partial charge in [-0.1, -0.05) is 38.1 Å². The zero-order valence-corrected chi connectivity index (χ0v) is 16.1. The third-order valence-corrected chi connectivity index (χ3v) is 3.91. The zero-order chi connectivity index (χ0) is 20.3.